The topological polar surface area (TPSA) is 93.2 Å². The fraction of sp³-hybridized carbons (Fsp3) is 0.556. The molecule has 10 heteroatoms. The molecule has 0 saturated carbocycles. The Balaban J connectivity index is 1.45. The molecule has 0 radical (unpaired) electrons. The first-order valence-electron chi connectivity index (χ1n) is 13.1. The molecule has 1 aromatic carbocycles. The minimum Gasteiger partial charge on any atom is -0.481 e. The molecule has 1 aromatic heterocycles. The molecule has 2 aromatic rings. The van der Waals surface area contributed by atoms with E-state index < -0.39 is 11.6 Å². The molecular weight excluding hydrogens is 475 g/mol. The molecular formula is C27H37FN6O3. The van der Waals surface area contributed by atoms with Gasteiger partial charge in [-0.25, -0.2) is 9.18 Å². The summed E-state index contributed by atoms with van der Waals surface area (Å²) in [5.74, 6) is 1.07. The lowest BCUT2D eigenvalue weighted by molar-refractivity contribution is 0.0487. The number of hydrogen-bond acceptors (Lipinski definition) is 7. The predicted molar refractivity (Wildman–Crippen MR) is 139 cm³/mol. The highest BCUT2D eigenvalue weighted by atomic mass is 19.1. The third kappa shape index (κ3) is 5.03. The molecule has 2 amide bonds. The Kier molecular flexibility index (Phi) is 7.35. The summed E-state index contributed by atoms with van der Waals surface area (Å²) in [6, 6.07) is 8.83. The minimum absolute atomic E-state index is 0.126. The second-order valence-corrected chi connectivity index (χ2v) is 10.6. The molecule has 3 aliphatic rings. The number of nitrogens with zero attached hydrogens (tertiary/aromatic N) is 4. The Labute approximate surface area is 217 Å². The van der Waals surface area contributed by atoms with Crippen LogP contribution in [-0.4, -0.2) is 83.9 Å². The molecule has 3 saturated heterocycles. The number of aromatic nitrogens is 1. The van der Waals surface area contributed by atoms with Crippen LogP contribution in [0.4, 0.5) is 15.0 Å². The van der Waals surface area contributed by atoms with Gasteiger partial charge in [0.2, 0.25) is 5.88 Å². The predicted octanol–water partition coefficient (Wildman–Crippen LogP) is 2.39. The number of β-amino-alcohol motifs (C(OH)–C–C–N with tert-alkyl or cyclic N) is 1. The first-order chi connectivity index (χ1) is 17.8. The number of carbonyl (C=O) groups is 1. The Morgan fingerprint density at radius 3 is 2.62 bits per heavy atom. The van der Waals surface area contributed by atoms with Crippen molar-refractivity contribution in [2.45, 2.75) is 50.8 Å². The molecule has 3 aliphatic heterocycles. The van der Waals surface area contributed by atoms with Gasteiger partial charge < -0.3 is 19.6 Å². The van der Waals surface area contributed by atoms with Crippen molar-refractivity contribution in [3.63, 3.8) is 0 Å². The van der Waals surface area contributed by atoms with Crippen LogP contribution in [0.3, 0.4) is 0 Å². The molecule has 1 unspecified atom stereocenters. The van der Waals surface area contributed by atoms with Crippen LogP contribution in [0.25, 0.3) is 0 Å². The Morgan fingerprint density at radius 2 is 1.95 bits per heavy atom. The van der Waals surface area contributed by atoms with E-state index >= 15 is 0 Å². The van der Waals surface area contributed by atoms with Gasteiger partial charge in [0.15, 0.2) is 0 Å². The van der Waals surface area contributed by atoms with Crippen molar-refractivity contribution in [1.29, 1.82) is 0 Å². The highest BCUT2D eigenvalue weighted by molar-refractivity contribution is 5.94. The summed E-state index contributed by atoms with van der Waals surface area (Å²) in [7, 11) is 1.61. The van der Waals surface area contributed by atoms with Gasteiger partial charge >= 0.3 is 6.03 Å². The van der Waals surface area contributed by atoms with E-state index in [4.69, 9.17) is 9.72 Å². The molecule has 5 rings (SSSR count). The van der Waals surface area contributed by atoms with Crippen LogP contribution in [0.2, 0.25) is 0 Å². The van der Waals surface area contributed by atoms with Crippen LogP contribution < -0.4 is 20.5 Å². The number of urea groups is 1. The highest BCUT2D eigenvalue weighted by Crippen LogP contribution is 2.40. The fourth-order valence-corrected chi connectivity index (χ4v) is 5.91. The zero-order valence-electron chi connectivity index (χ0n) is 21.8. The lowest BCUT2D eigenvalue weighted by Crippen LogP contribution is -2.54. The number of carbonyl (C=O) groups excluding carboxylic acids is 1. The number of likely N-dealkylation sites (tertiary alicyclic amines) is 1. The molecule has 4 heterocycles. The Hall–Kier alpha value is -2.79. The van der Waals surface area contributed by atoms with Crippen LogP contribution >= 0.6 is 0 Å². The third-order valence-electron chi connectivity index (χ3n) is 8.11. The quantitative estimate of drug-likeness (QED) is 0.525. The van der Waals surface area contributed by atoms with Crippen LogP contribution in [-0.2, 0) is 6.54 Å². The average molecular weight is 513 g/mol. The fourth-order valence-electron chi connectivity index (χ4n) is 5.91. The number of aliphatic hydroxyl groups excluding tert-OH is 1. The van der Waals surface area contributed by atoms with E-state index in [0.717, 1.165) is 50.1 Å². The molecule has 0 bridgehead atoms. The number of piperidine rings is 1. The van der Waals surface area contributed by atoms with Gasteiger partial charge in [-0.05, 0) is 56.0 Å². The number of hydrogen-bond donors (Lipinski definition) is 3. The number of ether oxygens (including phenoxy) is 1. The monoisotopic (exact) mass is 512 g/mol. The van der Waals surface area contributed by atoms with E-state index in [-0.39, 0.29) is 17.8 Å². The van der Waals surface area contributed by atoms with Crippen molar-refractivity contribution < 1.29 is 19.0 Å². The largest absolute Gasteiger partial charge is 0.481 e. The highest BCUT2D eigenvalue weighted by Gasteiger charge is 2.51. The first kappa shape index (κ1) is 25.8. The lowest BCUT2D eigenvalue weighted by atomic mass is 9.86. The Morgan fingerprint density at radius 1 is 1.22 bits per heavy atom. The number of pyridine rings is 1. The molecule has 1 atom stereocenters. The SMILES string of the molecule is COc1nc(N2CC3(CCN(CC(C)O)CC3)N(Cc3cccc(F)c3C)C2=O)ccc1C1CNNC1. The molecule has 3 N–H and O–H groups in total. The van der Waals surface area contributed by atoms with E-state index in [9.17, 15) is 14.3 Å². The van der Waals surface area contributed by atoms with Gasteiger partial charge in [0.05, 0.1) is 25.3 Å². The molecule has 9 nitrogen and oxygen atoms in total. The second-order valence-electron chi connectivity index (χ2n) is 10.6. The third-order valence-corrected chi connectivity index (χ3v) is 8.11. The number of methoxy groups -OCH3 is 1. The summed E-state index contributed by atoms with van der Waals surface area (Å²) in [6.45, 7) is 8.14. The molecule has 200 valence electrons. The molecule has 37 heavy (non-hydrogen) atoms. The number of hydrazine groups is 1. The van der Waals surface area contributed by atoms with Crippen molar-refractivity contribution >= 4 is 11.8 Å². The van der Waals surface area contributed by atoms with E-state index in [1.165, 1.54) is 6.07 Å². The number of nitrogens with one attached hydrogen (secondary N) is 2. The minimum atomic E-state index is -0.405. The first-order valence-corrected chi connectivity index (χ1v) is 13.1. The zero-order chi connectivity index (χ0) is 26.2. The van der Waals surface area contributed by atoms with E-state index in [2.05, 4.69) is 15.8 Å². The van der Waals surface area contributed by atoms with Gasteiger partial charge in [-0.15, -0.1) is 0 Å². The number of aliphatic hydroxyl groups is 1. The van der Waals surface area contributed by atoms with E-state index in [1.807, 2.05) is 23.1 Å². The van der Waals surface area contributed by atoms with Gasteiger partial charge in [-0.2, -0.15) is 4.98 Å². The summed E-state index contributed by atoms with van der Waals surface area (Å²) in [5, 5.41) is 9.87. The van der Waals surface area contributed by atoms with Crippen molar-refractivity contribution in [3.8, 4) is 5.88 Å². The van der Waals surface area contributed by atoms with Crippen molar-refractivity contribution in [2.75, 3.05) is 51.3 Å². The maximum Gasteiger partial charge on any atom is 0.326 e. The average Bonchev–Trinajstić information content (AvgIpc) is 3.51. The van der Waals surface area contributed by atoms with Gasteiger partial charge in [0, 0.05) is 50.7 Å². The number of anilines is 1. The molecule has 1 spiro atoms. The molecule has 3 fully saturated rings. The number of benzene rings is 1. The van der Waals surface area contributed by atoms with Gasteiger partial charge in [-0.3, -0.25) is 15.8 Å². The summed E-state index contributed by atoms with van der Waals surface area (Å²) in [6.07, 6.45) is 1.14. The number of rotatable bonds is 7. The second kappa shape index (κ2) is 10.5. The van der Waals surface area contributed by atoms with E-state index in [0.29, 0.717) is 36.9 Å². The Bertz CT molecular complexity index is 1130. The summed E-state index contributed by atoms with van der Waals surface area (Å²) in [4.78, 5) is 24.7. The normalized spacial score (nSPS) is 21.3. The maximum atomic E-state index is 14.4. The lowest BCUT2D eigenvalue weighted by Gasteiger charge is -2.44. The van der Waals surface area contributed by atoms with Gasteiger partial charge in [0.25, 0.3) is 0 Å². The van der Waals surface area contributed by atoms with Crippen LogP contribution in [0.15, 0.2) is 30.3 Å². The smallest absolute Gasteiger partial charge is 0.326 e. The number of amides is 2. The van der Waals surface area contributed by atoms with Crippen LogP contribution in [0.1, 0.15) is 42.4 Å². The maximum absolute atomic E-state index is 14.4. The standard InChI is InChI=1S/C27H37FN6O3/c1-18(35)15-32-11-9-27(10-12-32)17-33(26(36)34(27)16-20-5-4-6-23(28)19(20)2)24-8-7-22(25(31-24)37-3)21-13-29-30-14-21/h4-8,18,21,29-30,35H,9-17H2,1-3H3. The summed E-state index contributed by atoms with van der Waals surface area (Å²) < 4.78 is 20.0. The van der Waals surface area contributed by atoms with Crippen LogP contribution in [0, 0.1) is 12.7 Å². The van der Waals surface area contributed by atoms with Crippen molar-refractivity contribution in [1.82, 2.24) is 25.6 Å². The zero-order valence-corrected chi connectivity index (χ0v) is 21.8. The van der Waals surface area contributed by atoms with Crippen molar-refractivity contribution in [3.05, 3.63) is 52.8 Å². The summed E-state index contributed by atoms with van der Waals surface area (Å²) in [5.41, 5.74) is 8.25. The molecule has 0 aliphatic carbocycles. The van der Waals surface area contributed by atoms with E-state index in [1.54, 1.807) is 31.9 Å². The van der Waals surface area contributed by atoms with Gasteiger partial charge in [-0.1, -0.05) is 12.1 Å². The van der Waals surface area contributed by atoms with Gasteiger partial charge in [0.1, 0.15) is 11.6 Å². The summed E-state index contributed by atoms with van der Waals surface area (Å²) >= 11 is 0. The van der Waals surface area contributed by atoms with Crippen molar-refractivity contribution in [2.24, 2.45) is 0 Å². The van der Waals surface area contributed by atoms with Crippen LogP contribution in [0.5, 0.6) is 5.88 Å². The number of halogens is 1.